The Kier molecular flexibility index (Phi) is 1.97. The molecule has 64 valence electrons. The van der Waals surface area contributed by atoms with E-state index in [4.69, 9.17) is 0 Å². The normalized spacial score (nSPS) is 21.5. The van der Waals surface area contributed by atoms with Crippen molar-refractivity contribution >= 4 is 16.9 Å². The Hall–Kier alpha value is -0.700. The number of hydrogen-bond acceptors (Lipinski definition) is 3. The predicted octanol–water partition coefficient (Wildman–Crippen LogP) is 2.56. The van der Waals surface area contributed by atoms with Gasteiger partial charge >= 0.3 is 0 Å². The van der Waals surface area contributed by atoms with Gasteiger partial charge in [-0.2, -0.15) is 0 Å². The first kappa shape index (κ1) is 7.92. The molecule has 0 amide bonds. The highest BCUT2D eigenvalue weighted by atomic mass is 32.2. The Morgan fingerprint density at radius 1 is 1.67 bits per heavy atom. The zero-order valence-corrected chi connectivity index (χ0v) is 8.19. The number of hydrogen-bond donors (Lipinski definition) is 0. The van der Waals surface area contributed by atoms with Gasteiger partial charge in [0, 0.05) is 23.3 Å². The quantitative estimate of drug-likeness (QED) is 0.616. The molecule has 2 nitrogen and oxygen atoms in total. The molecule has 0 aromatic rings. The second kappa shape index (κ2) is 2.98. The Morgan fingerprint density at radius 2 is 2.50 bits per heavy atom. The van der Waals surface area contributed by atoms with E-state index in [2.05, 4.69) is 36.0 Å². The minimum absolute atomic E-state index is 0.987. The number of aliphatic imine (C=N–C) groups is 1. The minimum atomic E-state index is 0.987. The van der Waals surface area contributed by atoms with Crippen LogP contribution in [0.25, 0.3) is 0 Å². The summed E-state index contributed by atoms with van der Waals surface area (Å²) in [5.74, 6) is 0. The number of fused-ring (bicyclic) bond motifs is 1. The third-order valence-corrected chi connectivity index (χ3v) is 3.14. The van der Waals surface area contributed by atoms with Crippen LogP contribution in [0.15, 0.2) is 27.9 Å². The highest BCUT2D eigenvalue weighted by Crippen LogP contribution is 2.32. The summed E-state index contributed by atoms with van der Waals surface area (Å²) in [7, 11) is 0. The number of allylic oxidation sites excluding steroid dienone is 2. The summed E-state index contributed by atoms with van der Waals surface area (Å²) in [6.45, 7) is 5.22. The topological polar surface area (TPSA) is 15.6 Å². The van der Waals surface area contributed by atoms with E-state index in [1.165, 1.54) is 4.91 Å². The Balaban J connectivity index is 2.20. The Labute approximate surface area is 77.0 Å². The lowest BCUT2D eigenvalue weighted by Gasteiger charge is -2.17. The minimum Gasteiger partial charge on any atom is -0.323 e. The van der Waals surface area contributed by atoms with Crippen LogP contribution in [0.4, 0.5) is 0 Å². The smallest absolute Gasteiger partial charge is 0.173 e. The summed E-state index contributed by atoms with van der Waals surface area (Å²) in [5, 5.41) is 1.15. The van der Waals surface area contributed by atoms with Crippen molar-refractivity contribution in [3.63, 3.8) is 0 Å². The molecule has 2 aliphatic rings. The molecule has 0 fully saturated rings. The largest absolute Gasteiger partial charge is 0.323 e. The van der Waals surface area contributed by atoms with Gasteiger partial charge in [0.05, 0.1) is 0 Å². The van der Waals surface area contributed by atoms with Crippen molar-refractivity contribution in [3.8, 4) is 0 Å². The zero-order valence-electron chi connectivity index (χ0n) is 7.37. The number of thioether (sulfide) groups is 1. The Morgan fingerprint density at radius 3 is 3.25 bits per heavy atom. The van der Waals surface area contributed by atoms with E-state index in [-0.39, 0.29) is 0 Å². The van der Waals surface area contributed by atoms with E-state index in [9.17, 15) is 0 Å². The average Bonchev–Trinajstić information content (AvgIpc) is 2.46. The van der Waals surface area contributed by atoms with Crippen LogP contribution in [-0.4, -0.2) is 16.6 Å². The zero-order chi connectivity index (χ0) is 8.55. The van der Waals surface area contributed by atoms with Crippen LogP contribution in [-0.2, 0) is 0 Å². The van der Waals surface area contributed by atoms with E-state index in [1.807, 2.05) is 0 Å². The third kappa shape index (κ3) is 1.29. The molecule has 0 N–H and O–H groups in total. The van der Waals surface area contributed by atoms with Crippen LogP contribution in [0, 0.1) is 0 Å². The maximum absolute atomic E-state index is 4.46. The first-order valence-corrected chi connectivity index (χ1v) is 5.02. The maximum Gasteiger partial charge on any atom is 0.173 e. The fraction of sp³-hybridized carbons (Fsp3) is 0.444. The second-order valence-electron chi connectivity index (χ2n) is 2.94. The van der Waals surface area contributed by atoms with Gasteiger partial charge in [0.2, 0.25) is 0 Å². The fourth-order valence-corrected chi connectivity index (χ4v) is 2.23. The van der Waals surface area contributed by atoms with E-state index in [0.717, 1.165) is 23.8 Å². The molecule has 0 aromatic heterocycles. The summed E-state index contributed by atoms with van der Waals surface area (Å²) in [4.78, 5) is 8.08. The summed E-state index contributed by atoms with van der Waals surface area (Å²) < 4.78 is 0. The summed E-state index contributed by atoms with van der Waals surface area (Å²) >= 11 is 1.79. The lowest BCUT2D eigenvalue weighted by Crippen LogP contribution is -2.22. The van der Waals surface area contributed by atoms with Crippen LogP contribution in [0.2, 0.25) is 0 Å². The monoisotopic (exact) mass is 180 g/mol. The third-order valence-electron chi connectivity index (χ3n) is 1.97. The molecule has 0 atom stereocenters. The van der Waals surface area contributed by atoms with E-state index < -0.39 is 0 Å². The van der Waals surface area contributed by atoms with Crippen molar-refractivity contribution in [3.05, 3.63) is 22.9 Å². The first-order chi connectivity index (χ1) is 5.79. The molecule has 0 unspecified atom stereocenters. The van der Waals surface area contributed by atoms with Gasteiger partial charge in [-0.1, -0.05) is 18.7 Å². The van der Waals surface area contributed by atoms with E-state index >= 15 is 0 Å². The van der Waals surface area contributed by atoms with E-state index in [0.29, 0.717) is 0 Å². The van der Waals surface area contributed by atoms with Crippen molar-refractivity contribution in [1.82, 2.24) is 4.90 Å². The van der Waals surface area contributed by atoms with Crippen molar-refractivity contribution < 1.29 is 0 Å². The van der Waals surface area contributed by atoms with Gasteiger partial charge in [-0.25, -0.2) is 4.99 Å². The highest BCUT2D eigenvalue weighted by Gasteiger charge is 2.21. The van der Waals surface area contributed by atoms with Crippen molar-refractivity contribution in [2.75, 3.05) is 6.54 Å². The average molecular weight is 180 g/mol. The molecular weight excluding hydrogens is 168 g/mol. The molecule has 0 saturated carbocycles. The number of amidine groups is 1. The van der Waals surface area contributed by atoms with Gasteiger partial charge in [-0.15, -0.1) is 0 Å². The van der Waals surface area contributed by atoms with Gasteiger partial charge in [0.1, 0.15) is 0 Å². The van der Waals surface area contributed by atoms with Crippen LogP contribution in [0.3, 0.4) is 0 Å². The van der Waals surface area contributed by atoms with Crippen molar-refractivity contribution in [1.29, 1.82) is 0 Å². The molecule has 12 heavy (non-hydrogen) atoms. The van der Waals surface area contributed by atoms with Crippen LogP contribution < -0.4 is 0 Å². The molecule has 0 bridgehead atoms. The van der Waals surface area contributed by atoms with Gasteiger partial charge in [-0.05, 0) is 19.4 Å². The molecule has 2 aliphatic heterocycles. The second-order valence-corrected chi connectivity index (χ2v) is 4.04. The summed E-state index contributed by atoms with van der Waals surface area (Å²) in [6.07, 6.45) is 5.46. The van der Waals surface area contributed by atoms with Gasteiger partial charge in [0.15, 0.2) is 5.17 Å². The van der Waals surface area contributed by atoms with Gasteiger partial charge < -0.3 is 4.90 Å². The lowest BCUT2D eigenvalue weighted by atomic mass is 10.4. The molecule has 0 aromatic carbocycles. The highest BCUT2D eigenvalue weighted by molar-refractivity contribution is 8.17. The predicted molar refractivity (Wildman–Crippen MR) is 53.9 cm³/mol. The van der Waals surface area contributed by atoms with Crippen LogP contribution in [0.1, 0.15) is 20.3 Å². The SMILES string of the molecule is CCC1=CN2CC=C(C)N=C2S1. The molecule has 0 saturated heterocycles. The van der Waals surface area contributed by atoms with Crippen molar-refractivity contribution in [2.24, 2.45) is 4.99 Å². The van der Waals surface area contributed by atoms with E-state index in [1.54, 1.807) is 11.8 Å². The van der Waals surface area contributed by atoms with Crippen LogP contribution >= 0.6 is 11.8 Å². The molecule has 3 heteroatoms. The Bertz CT molecular complexity index is 289. The standard InChI is InChI=1S/C9H12N2S/c1-3-8-6-11-5-4-7(2)10-9(11)12-8/h4,6H,3,5H2,1-2H3. The molecule has 0 spiro atoms. The molecule has 0 radical (unpaired) electrons. The van der Waals surface area contributed by atoms with Gasteiger partial charge in [-0.3, -0.25) is 0 Å². The fourth-order valence-electron chi connectivity index (χ4n) is 1.24. The molecule has 2 heterocycles. The number of rotatable bonds is 1. The number of nitrogens with zero attached hydrogens (tertiary/aromatic N) is 2. The molecule has 0 aliphatic carbocycles. The van der Waals surface area contributed by atoms with Gasteiger partial charge in [0.25, 0.3) is 0 Å². The molecular formula is C9H12N2S. The lowest BCUT2D eigenvalue weighted by molar-refractivity contribution is 0.623. The summed E-state index contributed by atoms with van der Waals surface area (Å²) in [6, 6.07) is 0. The molecule has 2 rings (SSSR count). The van der Waals surface area contributed by atoms with Crippen molar-refractivity contribution in [2.45, 2.75) is 20.3 Å². The maximum atomic E-state index is 4.46. The summed E-state index contributed by atoms with van der Waals surface area (Å²) in [5.41, 5.74) is 1.14. The van der Waals surface area contributed by atoms with Crippen LogP contribution in [0.5, 0.6) is 0 Å². The first-order valence-electron chi connectivity index (χ1n) is 4.20.